The maximum absolute atomic E-state index is 6.10. The van der Waals surface area contributed by atoms with E-state index >= 15 is 0 Å². The van der Waals surface area contributed by atoms with Crippen molar-refractivity contribution in [1.29, 1.82) is 0 Å². The quantitative estimate of drug-likeness (QED) is 0.185. The largest absolute Gasteiger partial charge is 0.456 e. The van der Waals surface area contributed by atoms with Crippen molar-refractivity contribution < 1.29 is 4.42 Å². The van der Waals surface area contributed by atoms with E-state index in [1.165, 1.54) is 27.6 Å². The third-order valence-electron chi connectivity index (χ3n) is 10.1. The molecule has 2 aliphatic rings. The molecule has 0 spiro atoms. The minimum atomic E-state index is 0.0910. The third-order valence-corrected chi connectivity index (χ3v) is 10.1. The summed E-state index contributed by atoms with van der Waals surface area (Å²) in [5.41, 5.74) is 9.58. The van der Waals surface area contributed by atoms with Gasteiger partial charge in [0.05, 0.1) is 0 Å². The van der Waals surface area contributed by atoms with E-state index < -0.39 is 0 Å². The Kier molecular flexibility index (Phi) is 6.91. The zero-order chi connectivity index (χ0) is 33.7. The summed E-state index contributed by atoms with van der Waals surface area (Å²) in [6.07, 6.45) is 13.5. The van der Waals surface area contributed by atoms with E-state index in [1.54, 1.807) is 0 Å². The van der Waals surface area contributed by atoms with Gasteiger partial charge in [-0.15, -0.1) is 0 Å². The molecule has 8 aromatic rings. The number of furan rings is 1. The smallest absolute Gasteiger partial charge is 0.164 e. The molecule has 2 aliphatic carbocycles. The van der Waals surface area contributed by atoms with Crippen LogP contribution in [0, 0.1) is 11.8 Å². The third kappa shape index (κ3) is 5.12. The van der Waals surface area contributed by atoms with Crippen LogP contribution in [0.3, 0.4) is 0 Å². The van der Waals surface area contributed by atoms with Crippen LogP contribution in [0.4, 0.5) is 0 Å². The first kappa shape index (κ1) is 29.3. The van der Waals surface area contributed by atoms with Crippen molar-refractivity contribution >= 4 is 43.9 Å². The number of hydrogen-bond acceptors (Lipinski definition) is 4. The number of para-hydroxylation sites is 1. The molecule has 0 amide bonds. The Morgan fingerprint density at radius 1 is 0.471 bits per heavy atom. The number of rotatable bonds is 5. The first-order chi connectivity index (χ1) is 25.3. The van der Waals surface area contributed by atoms with Gasteiger partial charge in [0, 0.05) is 39.3 Å². The molecular formula is C47H31N3O. The van der Waals surface area contributed by atoms with E-state index in [1.807, 2.05) is 30.3 Å². The average molecular weight is 654 g/mol. The molecule has 0 aliphatic heterocycles. The van der Waals surface area contributed by atoms with Crippen molar-refractivity contribution in [3.8, 4) is 33.9 Å². The molecule has 240 valence electrons. The molecule has 2 atom stereocenters. The maximum Gasteiger partial charge on any atom is 0.164 e. The van der Waals surface area contributed by atoms with Gasteiger partial charge >= 0.3 is 0 Å². The van der Waals surface area contributed by atoms with Gasteiger partial charge in [-0.3, -0.25) is 0 Å². The summed E-state index contributed by atoms with van der Waals surface area (Å²) in [5.74, 6) is 2.28. The standard InChI is InChI=1S/C47H31N3O/c1-3-12-30(13-4-1)35-25-26-41(38-18-8-7-17-37(35)38)47-49-45(31-14-5-2-6-15-31)48-46(50-47)40-20-11-16-34-28-32(22-24-36(34)40)33-23-27-44-42(29-33)39-19-9-10-21-43(39)51-44/h1-29,34,36H. The highest BCUT2D eigenvalue weighted by molar-refractivity contribution is 6.06. The van der Waals surface area contributed by atoms with Crippen LogP contribution in [0.25, 0.3) is 77.8 Å². The normalized spacial score (nSPS) is 16.7. The zero-order valence-electron chi connectivity index (χ0n) is 27.6. The molecule has 4 nitrogen and oxygen atoms in total. The Hall–Kier alpha value is -6.65. The van der Waals surface area contributed by atoms with Gasteiger partial charge in [-0.25, -0.2) is 15.0 Å². The Balaban J connectivity index is 1.06. The Morgan fingerprint density at radius 2 is 1.12 bits per heavy atom. The number of hydrogen-bond donors (Lipinski definition) is 0. The molecule has 2 aromatic heterocycles. The van der Waals surface area contributed by atoms with Gasteiger partial charge in [-0.2, -0.15) is 0 Å². The lowest BCUT2D eigenvalue weighted by Gasteiger charge is -2.28. The van der Waals surface area contributed by atoms with Gasteiger partial charge in [-0.05, 0) is 57.3 Å². The van der Waals surface area contributed by atoms with Gasteiger partial charge < -0.3 is 4.42 Å². The lowest BCUT2D eigenvalue weighted by Crippen LogP contribution is -2.18. The molecule has 0 saturated heterocycles. The number of aromatic nitrogens is 3. The van der Waals surface area contributed by atoms with Crippen LogP contribution in [-0.4, -0.2) is 15.0 Å². The molecule has 0 fully saturated rings. The molecule has 6 aromatic carbocycles. The fraction of sp³-hybridized carbons (Fsp3) is 0.0426. The minimum absolute atomic E-state index is 0.0910. The number of benzene rings is 6. The van der Waals surface area contributed by atoms with Gasteiger partial charge in [-0.1, -0.05) is 152 Å². The van der Waals surface area contributed by atoms with Crippen LogP contribution in [-0.2, 0) is 0 Å². The summed E-state index contributed by atoms with van der Waals surface area (Å²) < 4.78 is 6.10. The highest BCUT2D eigenvalue weighted by atomic mass is 16.3. The van der Waals surface area contributed by atoms with Crippen LogP contribution < -0.4 is 0 Å². The van der Waals surface area contributed by atoms with E-state index in [2.05, 4.69) is 146 Å². The fourth-order valence-corrected chi connectivity index (χ4v) is 7.61. The van der Waals surface area contributed by atoms with E-state index in [4.69, 9.17) is 19.4 Å². The first-order valence-electron chi connectivity index (χ1n) is 17.4. The van der Waals surface area contributed by atoms with Gasteiger partial charge in [0.2, 0.25) is 0 Å². The highest BCUT2D eigenvalue weighted by Gasteiger charge is 2.29. The molecule has 0 radical (unpaired) electrons. The highest BCUT2D eigenvalue weighted by Crippen LogP contribution is 2.42. The van der Waals surface area contributed by atoms with Crippen LogP contribution >= 0.6 is 0 Å². The van der Waals surface area contributed by atoms with E-state index in [0.29, 0.717) is 17.5 Å². The zero-order valence-corrected chi connectivity index (χ0v) is 27.6. The number of fused-ring (bicyclic) bond motifs is 5. The summed E-state index contributed by atoms with van der Waals surface area (Å²) in [6, 6.07) is 48.3. The first-order valence-corrected chi connectivity index (χ1v) is 17.4. The van der Waals surface area contributed by atoms with Crippen LogP contribution in [0.5, 0.6) is 0 Å². The molecule has 2 heterocycles. The molecule has 2 unspecified atom stereocenters. The fourth-order valence-electron chi connectivity index (χ4n) is 7.61. The molecule has 0 N–H and O–H groups in total. The maximum atomic E-state index is 6.10. The van der Waals surface area contributed by atoms with Crippen molar-refractivity contribution in [3.63, 3.8) is 0 Å². The average Bonchev–Trinajstić information content (AvgIpc) is 3.58. The van der Waals surface area contributed by atoms with Crippen molar-refractivity contribution in [1.82, 2.24) is 15.0 Å². The predicted molar refractivity (Wildman–Crippen MR) is 209 cm³/mol. The van der Waals surface area contributed by atoms with Crippen molar-refractivity contribution in [2.75, 3.05) is 0 Å². The van der Waals surface area contributed by atoms with Crippen LogP contribution in [0.2, 0.25) is 0 Å². The molecule has 0 saturated carbocycles. The SMILES string of the molecule is C1=CC2C=C(c3ccc4oc5ccccc5c4c3)C=CC2C(c2nc(-c3ccccc3)nc(-c3ccc(-c4ccccc4)c4ccccc34)n2)=C1. The summed E-state index contributed by atoms with van der Waals surface area (Å²) in [5, 5.41) is 4.55. The topological polar surface area (TPSA) is 51.8 Å². The summed E-state index contributed by atoms with van der Waals surface area (Å²) >= 11 is 0. The second kappa shape index (κ2) is 12.0. The molecule has 51 heavy (non-hydrogen) atoms. The second-order valence-electron chi connectivity index (χ2n) is 13.1. The minimum Gasteiger partial charge on any atom is -0.456 e. The van der Waals surface area contributed by atoms with E-state index in [9.17, 15) is 0 Å². The number of allylic oxidation sites excluding steroid dienone is 8. The van der Waals surface area contributed by atoms with Crippen LogP contribution in [0.1, 0.15) is 11.4 Å². The number of nitrogens with zero attached hydrogens (tertiary/aromatic N) is 3. The Morgan fingerprint density at radius 3 is 1.94 bits per heavy atom. The summed E-state index contributed by atoms with van der Waals surface area (Å²) in [6.45, 7) is 0. The Bertz CT molecular complexity index is 2750. The molecule has 10 rings (SSSR count). The summed E-state index contributed by atoms with van der Waals surface area (Å²) in [4.78, 5) is 15.5. The van der Waals surface area contributed by atoms with Crippen LogP contribution in [0.15, 0.2) is 180 Å². The Labute approximate surface area is 295 Å². The van der Waals surface area contributed by atoms with Gasteiger partial charge in [0.25, 0.3) is 0 Å². The van der Waals surface area contributed by atoms with Gasteiger partial charge in [0.15, 0.2) is 17.5 Å². The lowest BCUT2D eigenvalue weighted by atomic mass is 9.76. The van der Waals surface area contributed by atoms with E-state index in [0.717, 1.165) is 44.0 Å². The lowest BCUT2D eigenvalue weighted by molar-refractivity contribution is 0.668. The van der Waals surface area contributed by atoms with Gasteiger partial charge in [0.1, 0.15) is 11.2 Å². The molecule has 4 heteroatoms. The summed E-state index contributed by atoms with van der Waals surface area (Å²) in [7, 11) is 0. The monoisotopic (exact) mass is 653 g/mol. The molecule has 0 bridgehead atoms. The second-order valence-corrected chi connectivity index (χ2v) is 13.1. The van der Waals surface area contributed by atoms with Crippen molar-refractivity contribution in [2.45, 2.75) is 0 Å². The van der Waals surface area contributed by atoms with Crippen molar-refractivity contribution in [2.24, 2.45) is 11.8 Å². The van der Waals surface area contributed by atoms with E-state index in [-0.39, 0.29) is 11.8 Å². The van der Waals surface area contributed by atoms with Crippen molar-refractivity contribution in [3.05, 3.63) is 187 Å². The predicted octanol–water partition coefficient (Wildman–Crippen LogP) is 11.8. The molecular weight excluding hydrogens is 623 g/mol.